The number of aromatic carboxylic acids is 1. The summed E-state index contributed by atoms with van der Waals surface area (Å²) >= 11 is 5.77. The molecule has 0 aliphatic heterocycles. The van der Waals surface area contributed by atoms with Gasteiger partial charge in [0.1, 0.15) is 11.5 Å². The third-order valence-electron chi connectivity index (χ3n) is 2.61. The van der Waals surface area contributed by atoms with Gasteiger partial charge in [0.25, 0.3) is 0 Å². The van der Waals surface area contributed by atoms with Gasteiger partial charge in [0.2, 0.25) is 0 Å². The minimum atomic E-state index is -1.26. The SMILES string of the molecule is CC(=O)c1cc(C(=O)O)n(-c2cc(Cl)ccc2F)c1. The monoisotopic (exact) mass is 281 g/mol. The Morgan fingerprint density at radius 1 is 1.32 bits per heavy atom. The van der Waals surface area contributed by atoms with Gasteiger partial charge in [-0.1, -0.05) is 11.6 Å². The lowest BCUT2D eigenvalue weighted by atomic mass is 10.2. The number of carboxylic acids is 1. The molecule has 1 aromatic carbocycles. The molecule has 0 amide bonds. The number of carbonyl (C=O) groups excluding carboxylic acids is 1. The molecule has 1 N–H and O–H groups in total. The van der Waals surface area contributed by atoms with Gasteiger partial charge >= 0.3 is 5.97 Å². The molecule has 0 bridgehead atoms. The fraction of sp³-hybridized carbons (Fsp3) is 0.0769. The highest BCUT2D eigenvalue weighted by atomic mass is 35.5. The minimum Gasteiger partial charge on any atom is -0.477 e. The lowest BCUT2D eigenvalue weighted by Crippen LogP contribution is -2.07. The number of nitrogens with zero attached hydrogens (tertiary/aromatic N) is 1. The lowest BCUT2D eigenvalue weighted by Gasteiger charge is -2.07. The van der Waals surface area contributed by atoms with Crippen LogP contribution in [0.4, 0.5) is 4.39 Å². The van der Waals surface area contributed by atoms with Gasteiger partial charge in [0.15, 0.2) is 5.78 Å². The van der Waals surface area contributed by atoms with Crippen LogP contribution < -0.4 is 0 Å². The van der Waals surface area contributed by atoms with Crippen molar-refractivity contribution in [3.63, 3.8) is 0 Å². The highest BCUT2D eigenvalue weighted by molar-refractivity contribution is 6.30. The number of hydrogen-bond donors (Lipinski definition) is 1. The first-order chi connectivity index (χ1) is 8.90. The Balaban J connectivity index is 2.70. The van der Waals surface area contributed by atoms with Gasteiger partial charge in [-0.05, 0) is 31.2 Å². The Morgan fingerprint density at radius 2 is 2.00 bits per heavy atom. The Morgan fingerprint density at radius 3 is 2.58 bits per heavy atom. The molecule has 6 heteroatoms. The third-order valence-corrected chi connectivity index (χ3v) is 2.85. The molecular weight excluding hydrogens is 273 g/mol. The number of ketones is 1. The van der Waals surface area contributed by atoms with Crippen molar-refractivity contribution in [2.75, 3.05) is 0 Å². The summed E-state index contributed by atoms with van der Waals surface area (Å²) in [6.07, 6.45) is 1.28. The zero-order valence-corrected chi connectivity index (χ0v) is 10.6. The van der Waals surface area contributed by atoms with E-state index in [4.69, 9.17) is 16.7 Å². The molecule has 0 atom stereocenters. The number of benzene rings is 1. The molecule has 4 nitrogen and oxygen atoms in total. The van der Waals surface area contributed by atoms with E-state index in [0.29, 0.717) is 0 Å². The molecule has 0 aliphatic carbocycles. The van der Waals surface area contributed by atoms with Gasteiger partial charge in [0, 0.05) is 16.8 Å². The standard InChI is InChI=1S/C13H9ClFNO3/c1-7(17)8-4-12(13(18)19)16(6-8)11-5-9(14)2-3-10(11)15/h2-6H,1H3,(H,18,19). The van der Waals surface area contributed by atoms with E-state index in [1.165, 1.54) is 31.3 Å². The van der Waals surface area contributed by atoms with Crippen molar-refractivity contribution in [3.8, 4) is 5.69 Å². The molecule has 0 aliphatic rings. The fourth-order valence-corrected chi connectivity index (χ4v) is 1.86. The Bertz CT molecular complexity index is 679. The van der Waals surface area contributed by atoms with E-state index < -0.39 is 11.8 Å². The first-order valence-corrected chi connectivity index (χ1v) is 5.70. The largest absolute Gasteiger partial charge is 0.477 e. The second-order valence-electron chi connectivity index (χ2n) is 3.94. The predicted octanol–water partition coefficient (Wildman–Crippen LogP) is 3.17. The highest BCUT2D eigenvalue weighted by Gasteiger charge is 2.18. The molecule has 0 spiro atoms. The zero-order chi connectivity index (χ0) is 14.2. The average molecular weight is 282 g/mol. The number of carbonyl (C=O) groups is 2. The van der Waals surface area contributed by atoms with Gasteiger partial charge in [-0.2, -0.15) is 0 Å². The van der Waals surface area contributed by atoms with Crippen LogP contribution in [0, 0.1) is 5.82 Å². The molecule has 1 heterocycles. The first-order valence-electron chi connectivity index (χ1n) is 5.32. The van der Waals surface area contributed by atoms with E-state index in [2.05, 4.69) is 0 Å². The summed E-state index contributed by atoms with van der Waals surface area (Å²) in [4.78, 5) is 22.4. The van der Waals surface area contributed by atoms with Gasteiger partial charge in [-0.25, -0.2) is 9.18 Å². The van der Waals surface area contributed by atoms with Crippen LogP contribution in [0.2, 0.25) is 5.02 Å². The van der Waals surface area contributed by atoms with Crippen LogP contribution in [0.3, 0.4) is 0 Å². The lowest BCUT2D eigenvalue weighted by molar-refractivity contribution is 0.0688. The second-order valence-corrected chi connectivity index (χ2v) is 4.38. The number of rotatable bonds is 3. The Kier molecular flexibility index (Phi) is 3.40. The molecule has 0 radical (unpaired) electrons. The van der Waals surface area contributed by atoms with Crippen molar-refractivity contribution >= 4 is 23.4 Å². The first kappa shape index (κ1) is 13.3. The van der Waals surface area contributed by atoms with Crippen LogP contribution in [0.5, 0.6) is 0 Å². The number of hydrogen-bond acceptors (Lipinski definition) is 2. The van der Waals surface area contributed by atoms with Crippen molar-refractivity contribution in [3.05, 3.63) is 52.6 Å². The van der Waals surface area contributed by atoms with Gasteiger partial charge < -0.3 is 9.67 Å². The van der Waals surface area contributed by atoms with Crippen LogP contribution in [0.1, 0.15) is 27.8 Å². The van der Waals surface area contributed by atoms with Crippen molar-refractivity contribution in [1.29, 1.82) is 0 Å². The minimum absolute atomic E-state index is 0.0163. The van der Waals surface area contributed by atoms with Crippen LogP contribution in [0.25, 0.3) is 5.69 Å². The van der Waals surface area contributed by atoms with Gasteiger partial charge in [-0.15, -0.1) is 0 Å². The maximum absolute atomic E-state index is 13.8. The van der Waals surface area contributed by atoms with Crippen molar-refractivity contribution in [2.45, 2.75) is 6.92 Å². The summed E-state index contributed by atoms with van der Waals surface area (Å²) in [7, 11) is 0. The summed E-state index contributed by atoms with van der Waals surface area (Å²) in [5.41, 5.74) is -0.0273. The van der Waals surface area contributed by atoms with E-state index in [-0.39, 0.29) is 27.8 Å². The average Bonchev–Trinajstić information content (AvgIpc) is 2.77. The molecule has 98 valence electrons. The normalized spacial score (nSPS) is 10.5. The summed E-state index contributed by atoms with van der Waals surface area (Å²) in [6, 6.07) is 4.99. The van der Waals surface area contributed by atoms with Crippen molar-refractivity contribution in [2.24, 2.45) is 0 Å². The molecule has 2 aromatic rings. The highest BCUT2D eigenvalue weighted by Crippen LogP contribution is 2.22. The summed E-state index contributed by atoms with van der Waals surface area (Å²) < 4.78 is 14.8. The van der Waals surface area contributed by atoms with Crippen LogP contribution in [0.15, 0.2) is 30.5 Å². The molecule has 0 unspecified atom stereocenters. The van der Waals surface area contributed by atoms with E-state index >= 15 is 0 Å². The van der Waals surface area contributed by atoms with Crippen molar-refractivity contribution in [1.82, 2.24) is 4.57 Å². The number of aromatic nitrogens is 1. The third kappa shape index (κ3) is 2.51. The summed E-state index contributed by atoms with van der Waals surface area (Å²) in [5.74, 6) is -2.19. The van der Waals surface area contributed by atoms with Crippen LogP contribution >= 0.6 is 11.6 Å². The predicted molar refractivity (Wildman–Crippen MR) is 67.7 cm³/mol. The smallest absolute Gasteiger partial charge is 0.352 e. The maximum Gasteiger partial charge on any atom is 0.352 e. The van der Waals surface area contributed by atoms with Gasteiger partial charge in [-0.3, -0.25) is 4.79 Å². The zero-order valence-electron chi connectivity index (χ0n) is 9.85. The Labute approximate surface area is 113 Å². The van der Waals surface area contributed by atoms with Gasteiger partial charge in [0.05, 0.1) is 5.69 Å². The van der Waals surface area contributed by atoms with E-state index in [0.717, 1.165) is 10.6 Å². The molecular formula is C13H9ClFNO3. The molecule has 2 rings (SSSR count). The van der Waals surface area contributed by atoms with E-state index in [1.807, 2.05) is 0 Å². The number of Topliss-reactive ketones (excluding diaryl/α,β-unsaturated/α-hetero) is 1. The molecule has 1 aromatic heterocycles. The second kappa shape index (κ2) is 4.85. The topological polar surface area (TPSA) is 59.3 Å². The molecule has 0 saturated carbocycles. The summed E-state index contributed by atoms with van der Waals surface area (Å²) in [6.45, 7) is 1.31. The van der Waals surface area contributed by atoms with E-state index in [1.54, 1.807) is 0 Å². The maximum atomic E-state index is 13.8. The van der Waals surface area contributed by atoms with Crippen molar-refractivity contribution < 1.29 is 19.1 Å². The quantitative estimate of drug-likeness (QED) is 0.879. The van der Waals surface area contributed by atoms with Crippen LogP contribution in [-0.2, 0) is 0 Å². The number of halogens is 2. The molecule has 0 fully saturated rings. The summed E-state index contributed by atoms with van der Waals surface area (Å²) in [5, 5.41) is 9.36. The number of carboxylic acid groups (broad SMARTS) is 1. The molecule has 19 heavy (non-hydrogen) atoms. The fourth-order valence-electron chi connectivity index (χ4n) is 1.69. The van der Waals surface area contributed by atoms with Crippen LogP contribution in [-0.4, -0.2) is 21.4 Å². The Hall–Kier alpha value is -2.14. The molecule has 0 saturated heterocycles. The van der Waals surface area contributed by atoms with E-state index in [9.17, 15) is 14.0 Å².